The van der Waals surface area contributed by atoms with Crippen molar-refractivity contribution >= 4 is 23.2 Å². The summed E-state index contributed by atoms with van der Waals surface area (Å²) in [5.41, 5.74) is 1.72. The second-order valence-corrected chi connectivity index (χ2v) is 6.67. The van der Waals surface area contributed by atoms with Crippen LogP contribution >= 0.6 is 0 Å². The standard InChI is InChI=1S/C21H21N7/c22-14-16(18-11-13-24-21(27-18)25-15-6-1-2-7-15)17-8-5-10-20(26-17)28-19-9-3-4-12-23-19/h3-5,8-13,15H,1-2,6-7H2,(H,23,26,28)(H2,24,25,27). The van der Waals surface area contributed by atoms with Crippen molar-refractivity contribution in [1.29, 1.82) is 5.26 Å². The fourth-order valence-corrected chi connectivity index (χ4v) is 3.31. The molecule has 1 saturated carbocycles. The smallest absolute Gasteiger partial charge is 0.200 e. The van der Waals surface area contributed by atoms with Gasteiger partial charge in [0.05, 0.1) is 17.4 Å². The molecular weight excluding hydrogens is 350 g/mol. The normalized spacial score (nSPS) is 19.6. The predicted molar refractivity (Wildman–Crippen MR) is 109 cm³/mol. The van der Waals surface area contributed by atoms with Gasteiger partial charge in [0.1, 0.15) is 23.3 Å². The van der Waals surface area contributed by atoms with E-state index in [-0.39, 0.29) is 0 Å². The zero-order chi connectivity index (χ0) is 19.2. The molecule has 0 amide bonds. The number of nitrogens with zero attached hydrogens (tertiary/aromatic N) is 4. The number of rotatable bonds is 4. The number of hydrogen-bond donors (Lipinski definition) is 3. The number of guanidine groups is 1. The average Bonchev–Trinajstić information content (AvgIpc) is 3.23. The molecule has 1 aliphatic heterocycles. The summed E-state index contributed by atoms with van der Waals surface area (Å²) in [4.78, 5) is 13.5. The molecule has 28 heavy (non-hydrogen) atoms. The summed E-state index contributed by atoms with van der Waals surface area (Å²) in [6.07, 6.45) is 10.0. The van der Waals surface area contributed by atoms with Crippen molar-refractivity contribution < 1.29 is 0 Å². The van der Waals surface area contributed by atoms with Gasteiger partial charge in [-0.3, -0.25) is 0 Å². The molecule has 0 radical (unpaired) electrons. The van der Waals surface area contributed by atoms with Crippen molar-refractivity contribution in [3.63, 3.8) is 0 Å². The Balaban J connectivity index is 1.59. The molecule has 2 aliphatic rings. The first kappa shape index (κ1) is 17.7. The molecule has 7 heteroatoms. The molecule has 1 aliphatic carbocycles. The Morgan fingerprint density at radius 2 is 2.00 bits per heavy atom. The third-order valence-corrected chi connectivity index (χ3v) is 4.67. The number of aromatic nitrogens is 2. The number of allylic oxidation sites excluding steroid dienone is 2. The van der Waals surface area contributed by atoms with Gasteiger partial charge in [-0.1, -0.05) is 25.0 Å². The van der Waals surface area contributed by atoms with Gasteiger partial charge in [0.15, 0.2) is 5.96 Å². The zero-order valence-electron chi connectivity index (χ0n) is 15.4. The Hall–Kier alpha value is -3.66. The number of hydrogen-bond acceptors (Lipinski definition) is 5. The van der Waals surface area contributed by atoms with E-state index >= 15 is 0 Å². The van der Waals surface area contributed by atoms with Gasteiger partial charge in [0.25, 0.3) is 0 Å². The summed E-state index contributed by atoms with van der Waals surface area (Å²) in [6, 6.07) is 13.8. The lowest BCUT2D eigenvalue weighted by molar-refractivity contribution is 0.696. The van der Waals surface area contributed by atoms with Gasteiger partial charge in [-0.2, -0.15) is 5.26 Å². The molecule has 2 aromatic rings. The minimum atomic E-state index is 0.345. The van der Waals surface area contributed by atoms with Gasteiger partial charge >= 0.3 is 0 Å². The van der Waals surface area contributed by atoms with Gasteiger partial charge < -0.3 is 16.0 Å². The largest absolute Gasteiger partial charge is 0.333 e. The van der Waals surface area contributed by atoms with Crippen LogP contribution in [0, 0.1) is 11.3 Å². The highest BCUT2D eigenvalue weighted by atomic mass is 15.2. The highest BCUT2D eigenvalue weighted by Gasteiger charge is 2.18. The monoisotopic (exact) mass is 371 g/mol. The summed E-state index contributed by atoms with van der Waals surface area (Å²) in [7, 11) is 0. The van der Waals surface area contributed by atoms with E-state index in [0.29, 0.717) is 40.6 Å². The zero-order valence-corrected chi connectivity index (χ0v) is 15.4. The molecule has 1 fully saturated rings. The molecule has 140 valence electrons. The molecule has 3 N–H and O–H groups in total. The van der Waals surface area contributed by atoms with Crippen LogP contribution < -0.4 is 16.0 Å². The van der Waals surface area contributed by atoms with Crippen molar-refractivity contribution in [2.75, 3.05) is 5.32 Å². The predicted octanol–water partition coefficient (Wildman–Crippen LogP) is 3.46. The van der Waals surface area contributed by atoms with Crippen LogP contribution in [-0.2, 0) is 0 Å². The minimum absolute atomic E-state index is 0.345. The number of anilines is 2. The molecule has 0 bridgehead atoms. The van der Waals surface area contributed by atoms with E-state index in [4.69, 9.17) is 4.99 Å². The van der Waals surface area contributed by atoms with Gasteiger partial charge in [0.2, 0.25) is 0 Å². The Morgan fingerprint density at radius 1 is 1.14 bits per heavy atom. The van der Waals surface area contributed by atoms with Crippen molar-refractivity contribution in [3.8, 4) is 6.07 Å². The summed E-state index contributed by atoms with van der Waals surface area (Å²) in [6.45, 7) is 0. The molecule has 7 nitrogen and oxygen atoms in total. The number of nitrogens with one attached hydrogen (secondary N) is 3. The first-order valence-electron chi connectivity index (χ1n) is 9.39. The SMILES string of the molecule is N#CC(=C1C=CNC(=NC2CCCC2)N1)c1cccc(Nc2ccccn2)n1. The lowest BCUT2D eigenvalue weighted by Gasteiger charge is -2.18. The van der Waals surface area contributed by atoms with Crippen molar-refractivity contribution in [3.05, 3.63) is 66.3 Å². The average molecular weight is 371 g/mol. The van der Waals surface area contributed by atoms with Crippen molar-refractivity contribution in [1.82, 2.24) is 20.6 Å². The van der Waals surface area contributed by atoms with Crippen molar-refractivity contribution in [2.45, 2.75) is 31.7 Å². The topological polar surface area (TPSA) is 98.0 Å². The Morgan fingerprint density at radius 3 is 2.79 bits per heavy atom. The van der Waals surface area contributed by atoms with E-state index in [2.05, 4.69) is 32.0 Å². The molecule has 0 atom stereocenters. The van der Waals surface area contributed by atoms with E-state index in [1.54, 1.807) is 12.4 Å². The molecular formula is C21H21N7. The summed E-state index contributed by atoms with van der Waals surface area (Å²) in [5.74, 6) is 2.01. The van der Waals surface area contributed by atoms with Crippen LogP contribution in [0.4, 0.5) is 11.6 Å². The third kappa shape index (κ3) is 4.18. The van der Waals surface area contributed by atoms with E-state index in [0.717, 1.165) is 12.8 Å². The van der Waals surface area contributed by atoms with Crippen LogP contribution in [0.15, 0.2) is 65.6 Å². The minimum Gasteiger partial charge on any atom is -0.333 e. The van der Waals surface area contributed by atoms with Gasteiger partial charge in [-0.15, -0.1) is 0 Å². The summed E-state index contributed by atoms with van der Waals surface area (Å²) < 4.78 is 0. The number of pyridine rings is 2. The van der Waals surface area contributed by atoms with E-state index < -0.39 is 0 Å². The molecule has 0 unspecified atom stereocenters. The van der Waals surface area contributed by atoms with Crippen LogP contribution in [0.2, 0.25) is 0 Å². The maximum absolute atomic E-state index is 9.77. The van der Waals surface area contributed by atoms with Crippen LogP contribution in [0.5, 0.6) is 0 Å². The third-order valence-electron chi connectivity index (χ3n) is 4.67. The van der Waals surface area contributed by atoms with Crippen LogP contribution in [0.3, 0.4) is 0 Å². The maximum atomic E-state index is 9.77. The number of nitriles is 1. The lowest BCUT2D eigenvalue weighted by atomic mass is 10.1. The van der Waals surface area contributed by atoms with Crippen LogP contribution in [0.25, 0.3) is 5.57 Å². The van der Waals surface area contributed by atoms with Gasteiger partial charge in [0, 0.05) is 12.4 Å². The Kier molecular flexibility index (Phi) is 5.29. The van der Waals surface area contributed by atoms with Crippen molar-refractivity contribution in [2.24, 2.45) is 4.99 Å². The second-order valence-electron chi connectivity index (χ2n) is 6.67. The Bertz CT molecular complexity index is 964. The van der Waals surface area contributed by atoms with E-state index in [9.17, 15) is 5.26 Å². The first-order valence-corrected chi connectivity index (χ1v) is 9.39. The molecule has 3 heterocycles. The molecule has 0 aromatic carbocycles. The van der Waals surface area contributed by atoms with Crippen LogP contribution in [0.1, 0.15) is 31.4 Å². The molecule has 4 rings (SSSR count). The summed E-state index contributed by atoms with van der Waals surface area (Å²) >= 11 is 0. The quantitative estimate of drug-likeness (QED) is 0.712. The highest BCUT2D eigenvalue weighted by molar-refractivity contribution is 5.90. The van der Waals surface area contributed by atoms with Crippen LogP contribution in [-0.4, -0.2) is 22.0 Å². The number of aliphatic imine (C=N–C) groups is 1. The second kappa shape index (κ2) is 8.35. The maximum Gasteiger partial charge on any atom is 0.200 e. The first-order chi connectivity index (χ1) is 13.8. The molecule has 0 spiro atoms. The summed E-state index contributed by atoms with van der Waals surface area (Å²) in [5, 5.41) is 19.3. The highest BCUT2D eigenvalue weighted by Crippen LogP contribution is 2.22. The lowest BCUT2D eigenvalue weighted by Crippen LogP contribution is -2.38. The fraction of sp³-hybridized carbons (Fsp3) is 0.238. The molecule has 0 saturated heterocycles. The van der Waals surface area contributed by atoms with E-state index in [1.165, 1.54) is 12.8 Å². The van der Waals surface area contributed by atoms with Gasteiger partial charge in [-0.25, -0.2) is 15.0 Å². The molecule has 2 aromatic heterocycles. The van der Waals surface area contributed by atoms with E-state index in [1.807, 2.05) is 42.5 Å². The van der Waals surface area contributed by atoms with Gasteiger partial charge in [-0.05, 0) is 43.2 Å². The fourth-order valence-electron chi connectivity index (χ4n) is 3.31. The Labute approximate surface area is 163 Å².